The van der Waals surface area contributed by atoms with E-state index in [4.69, 9.17) is 9.47 Å². The molecule has 0 aromatic heterocycles. The second-order valence-electron chi connectivity index (χ2n) is 5.64. The van der Waals surface area contributed by atoms with E-state index in [1.165, 1.54) is 12.0 Å². The summed E-state index contributed by atoms with van der Waals surface area (Å²) in [6.45, 7) is 2.15. The van der Waals surface area contributed by atoms with E-state index in [0.717, 1.165) is 43.7 Å². The molecule has 1 fully saturated rings. The van der Waals surface area contributed by atoms with Crippen molar-refractivity contribution in [2.45, 2.75) is 44.2 Å². The second-order valence-corrected chi connectivity index (χ2v) is 5.64. The Balaban J connectivity index is 1.50. The highest BCUT2D eigenvalue weighted by molar-refractivity contribution is 5.43. The van der Waals surface area contributed by atoms with Crippen molar-refractivity contribution in [3.05, 3.63) is 23.8 Å². The van der Waals surface area contributed by atoms with Gasteiger partial charge in [-0.1, -0.05) is 18.9 Å². The minimum Gasteiger partial charge on any atom is -0.486 e. The maximum atomic E-state index is 9.93. The van der Waals surface area contributed by atoms with Gasteiger partial charge in [0, 0.05) is 6.04 Å². The zero-order valence-electron chi connectivity index (χ0n) is 11.8. The lowest BCUT2D eigenvalue weighted by atomic mass is 9.92. The van der Waals surface area contributed by atoms with Gasteiger partial charge in [-0.25, -0.2) is 0 Å². The lowest BCUT2D eigenvalue weighted by Gasteiger charge is -2.28. The van der Waals surface area contributed by atoms with Crippen LogP contribution in [0, 0.1) is 0 Å². The lowest BCUT2D eigenvalue weighted by Crippen LogP contribution is -2.42. The zero-order chi connectivity index (χ0) is 13.8. The molecule has 0 bridgehead atoms. The van der Waals surface area contributed by atoms with Gasteiger partial charge in [0.2, 0.25) is 0 Å². The monoisotopic (exact) mass is 277 g/mol. The average Bonchev–Trinajstić information content (AvgIpc) is 2.49. The molecule has 2 N–H and O–H groups in total. The topological polar surface area (TPSA) is 50.7 Å². The summed E-state index contributed by atoms with van der Waals surface area (Å²) in [6.07, 6.45) is 5.16. The Labute approximate surface area is 120 Å². The highest BCUT2D eigenvalue weighted by atomic mass is 16.6. The molecule has 2 aliphatic rings. The number of hydrogen-bond acceptors (Lipinski definition) is 4. The molecule has 110 valence electrons. The summed E-state index contributed by atoms with van der Waals surface area (Å²) in [7, 11) is 0. The van der Waals surface area contributed by atoms with Gasteiger partial charge in [0.15, 0.2) is 11.5 Å². The van der Waals surface area contributed by atoms with Crippen LogP contribution in [0.4, 0.5) is 0 Å². The van der Waals surface area contributed by atoms with Crippen molar-refractivity contribution in [3.8, 4) is 11.5 Å². The number of fused-ring (bicyclic) bond motifs is 1. The van der Waals surface area contributed by atoms with Crippen molar-refractivity contribution < 1.29 is 14.6 Å². The molecule has 4 heteroatoms. The number of benzene rings is 1. The minimum absolute atomic E-state index is 0.177. The van der Waals surface area contributed by atoms with Gasteiger partial charge in [-0.3, -0.25) is 0 Å². The van der Waals surface area contributed by atoms with Crippen LogP contribution in [0.2, 0.25) is 0 Å². The first-order valence-corrected chi connectivity index (χ1v) is 7.63. The zero-order valence-corrected chi connectivity index (χ0v) is 11.8. The molecule has 1 aliphatic heterocycles. The molecule has 1 aromatic carbocycles. The van der Waals surface area contributed by atoms with E-state index in [-0.39, 0.29) is 12.1 Å². The summed E-state index contributed by atoms with van der Waals surface area (Å²) >= 11 is 0. The van der Waals surface area contributed by atoms with Gasteiger partial charge in [-0.2, -0.15) is 0 Å². The summed E-state index contributed by atoms with van der Waals surface area (Å²) in [4.78, 5) is 0. The van der Waals surface area contributed by atoms with Crippen molar-refractivity contribution >= 4 is 0 Å². The molecule has 2 atom stereocenters. The van der Waals surface area contributed by atoms with Gasteiger partial charge >= 0.3 is 0 Å². The van der Waals surface area contributed by atoms with Crippen molar-refractivity contribution in [2.75, 3.05) is 19.8 Å². The quantitative estimate of drug-likeness (QED) is 0.882. The van der Waals surface area contributed by atoms with E-state index in [9.17, 15) is 5.11 Å². The molecule has 1 heterocycles. The van der Waals surface area contributed by atoms with Crippen molar-refractivity contribution in [3.63, 3.8) is 0 Å². The molecular formula is C16H23NO3. The molecule has 0 radical (unpaired) electrons. The van der Waals surface area contributed by atoms with Crippen LogP contribution in [0.3, 0.4) is 0 Å². The van der Waals surface area contributed by atoms with Crippen LogP contribution in [0.5, 0.6) is 11.5 Å². The summed E-state index contributed by atoms with van der Waals surface area (Å²) in [5, 5.41) is 13.4. The Morgan fingerprint density at radius 2 is 1.90 bits per heavy atom. The molecule has 1 aromatic rings. The first-order valence-electron chi connectivity index (χ1n) is 7.63. The maximum Gasteiger partial charge on any atom is 0.161 e. The predicted molar refractivity (Wildman–Crippen MR) is 77.4 cm³/mol. The number of hydrogen-bond donors (Lipinski definition) is 2. The summed E-state index contributed by atoms with van der Waals surface area (Å²) in [5.41, 5.74) is 1.24. The van der Waals surface area contributed by atoms with Gasteiger partial charge < -0.3 is 19.9 Å². The first-order chi connectivity index (χ1) is 9.83. The van der Waals surface area contributed by atoms with Crippen molar-refractivity contribution in [1.82, 2.24) is 5.32 Å². The molecule has 0 saturated heterocycles. The highest BCUT2D eigenvalue weighted by Crippen LogP contribution is 2.30. The number of nitrogens with one attached hydrogen (secondary N) is 1. The highest BCUT2D eigenvalue weighted by Gasteiger charge is 2.22. The van der Waals surface area contributed by atoms with Crippen LogP contribution in [-0.2, 0) is 6.42 Å². The number of aliphatic hydroxyl groups is 1. The number of ether oxygens (including phenoxy) is 2. The van der Waals surface area contributed by atoms with Crippen molar-refractivity contribution in [1.29, 1.82) is 0 Å². The summed E-state index contributed by atoms with van der Waals surface area (Å²) in [6, 6.07) is 6.40. The standard InChI is InChI=1S/C16H23NO3/c18-14-4-2-1-3-13(14)17-8-7-12-5-6-15-16(11-12)20-10-9-19-15/h5-6,11,13-14,17-18H,1-4,7-10H2/t13-,14-/m1/s1. The van der Waals surface area contributed by atoms with Crippen LogP contribution >= 0.6 is 0 Å². The lowest BCUT2D eigenvalue weighted by molar-refractivity contribution is 0.0914. The molecule has 0 amide bonds. The first kappa shape index (κ1) is 13.7. The Kier molecular flexibility index (Phi) is 4.43. The largest absolute Gasteiger partial charge is 0.486 e. The third kappa shape index (κ3) is 3.25. The van der Waals surface area contributed by atoms with Crippen LogP contribution in [0.25, 0.3) is 0 Å². The van der Waals surface area contributed by atoms with E-state index in [1.807, 2.05) is 6.07 Å². The second kappa shape index (κ2) is 6.46. The van der Waals surface area contributed by atoms with Crippen LogP contribution in [0.1, 0.15) is 31.2 Å². The van der Waals surface area contributed by atoms with E-state index < -0.39 is 0 Å². The fraction of sp³-hybridized carbons (Fsp3) is 0.625. The SMILES string of the molecule is O[C@@H]1CCCC[C@H]1NCCc1ccc2c(c1)OCCO2. The Morgan fingerprint density at radius 1 is 1.10 bits per heavy atom. The fourth-order valence-electron chi connectivity index (χ4n) is 2.99. The number of rotatable bonds is 4. The Hall–Kier alpha value is -1.26. The third-order valence-corrected chi connectivity index (χ3v) is 4.16. The predicted octanol–water partition coefficient (Wildman–Crippen LogP) is 1.89. The fourth-order valence-corrected chi connectivity index (χ4v) is 2.99. The molecule has 4 nitrogen and oxygen atoms in total. The van der Waals surface area contributed by atoms with Gasteiger partial charge in [-0.05, 0) is 43.5 Å². The van der Waals surface area contributed by atoms with Gasteiger partial charge in [-0.15, -0.1) is 0 Å². The minimum atomic E-state index is -0.177. The maximum absolute atomic E-state index is 9.93. The van der Waals surface area contributed by atoms with Gasteiger partial charge in [0.25, 0.3) is 0 Å². The molecule has 1 aliphatic carbocycles. The third-order valence-electron chi connectivity index (χ3n) is 4.16. The molecule has 0 unspecified atom stereocenters. The van der Waals surface area contributed by atoms with E-state index in [2.05, 4.69) is 17.4 Å². The van der Waals surface area contributed by atoms with Crippen LogP contribution in [-0.4, -0.2) is 37.0 Å². The van der Waals surface area contributed by atoms with E-state index in [0.29, 0.717) is 13.2 Å². The van der Waals surface area contributed by atoms with Crippen molar-refractivity contribution in [2.24, 2.45) is 0 Å². The molecule has 3 rings (SSSR count). The Bertz CT molecular complexity index is 449. The normalized spacial score (nSPS) is 25.4. The molecule has 0 spiro atoms. The molecule has 20 heavy (non-hydrogen) atoms. The van der Waals surface area contributed by atoms with E-state index >= 15 is 0 Å². The van der Waals surface area contributed by atoms with Crippen LogP contribution < -0.4 is 14.8 Å². The average molecular weight is 277 g/mol. The van der Waals surface area contributed by atoms with Crippen LogP contribution in [0.15, 0.2) is 18.2 Å². The Morgan fingerprint density at radius 3 is 2.75 bits per heavy atom. The molecule has 1 saturated carbocycles. The smallest absolute Gasteiger partial charge is 0.161 e. The number of aliphatic hydroxyl groups excluding tert-OH is 1. The summed E-state index contributed by atoms with van der Waals surface area (Å²) < 4.78 is 11.1. The molecular weight excluding hydrogens is 254 g/mol. The van der Waals surface area contributed by atoms with E-state index in [1.54, 1.807) is 0 Å². The summed E-state index contributed by atoms with van der Waals surface area (Å²) in [5.74, 6) is 1.70. The van der Waals surface area contributed by atoms with Gasteiger partial charge in [0.1, 0.15) is 13.2 Å². The van der Waals surface area contributed by atoms with Gasteiger partial charge in [0.05, 0.1) is 6.10 Å².